The van der Waals surface area contributed by atoms with Crippen molar-refractivity contribution < 1.29 is 17.9 Å². The molecule has 1 fully saturated rings. The van der Waals surface area contributed by atoms with Crippen LogP contribution in [0.25, 0.3) is 11.3 Å². The van der Waals surface area contributed by atoms with Gasteiger partial charge in [0.2, 0.25) is 0 Å². The fraction of sp³-hybridized carbons (Fsp3) is 0.273. The number of anilines is 2. The Morgan fingerprint density at radius 3 is 2.80 bits per heavy atom. The lowest BCUT2D eigenvalue weighted by atomic mass is 10.1. The van der Waals surface area contributed by atoms with E-state index in [1.165, 1.54) is 12.6 Å². The quantitative estimate of drug-likeness (QED) is 0.618. The van der Waals surface area contributed by atoms with Crippen molar-refractivity contribution in [2.45, 2.75) is 18.3 Å². The molecule has 156 valence electrons. The van der Waals surface area contributed by atoms with Gasteiger partial charge in [-0.3, -0.25) is 0 Å². The molecule has 1 aromatic heterocycles. The molecule has 0 radical (unpaired) electrons. The molecule has 1 aliphatic heterocycles. The molecule has 2 heterocycles. The number of nitrogens with zero attached hydrogens (tertiary/aromatic N) is 2. The summed E-state index contributed by atoms with van der Waals surface area (Å²) in [5.41, 5.74) is 3.08. The van der Waals surface area contributed by atoms with Crippen LogP contribution in [0.1, 0.15) is 12.0 Å². The van der Waals surface area contributed by atoms with Gasteiger partial charge in [0.1, 0.15) is 24.0 Å². The minimum Gasteiger partial charge on any atom is -0.487 e. The predicted molar refractivity (Wildman–Crippen MR) is 116 cm³/mol. The maximum atomic E-state index is 11.6. The first-order valence-corrected chi connectivity index (χ1v) is 11.7. The second-order valence-corrected chi connectivity index (χ2v) is 9.42. The number of aromatic nitrogens is 2. The normalized spacial score (nSPS) is 16.4. The van der Waals surface area contributed by atoms with E-state index in [0.29, 0.717) is 24.6 Å². The molecule has 0 bridgehead atoms. The van der Waals surface area contributed by atoms with Crippen molar-refractivity contribution in [3.63, 3.8) is 0 Å². The highest BCUT2D eigenvalue weighted by Gasteiger charge is 2.19. The third-order valence-corrected chi connectivity index (χ3v) is 5.50. The van der Waals surface area contributed by atoms with Gasteiger partial charge in [0.05, 0.1) is 24.7 Å². The number of nitrogens with one attached hydrogen (secondary N) is 1. The second-order valence-electron chi connectivity index (χ2n) is 7.28. The van der Waals surface area contributed by atoms with Crippen molar-refractivity contribution >= 4 is 21.3 Å². The second kappa shape index (κ2) is 8.81. The molecule has 1 atom stereocenters. The number of ether oxygens (including phenoxy) is 2. The van der Waals surface area contributed by atoms with Crippen LogP contribution in [0.5, 0.6) is 5.75 Å². The minimum absolute atomic E-state index is 0.00681. The number of sulfone groups is 1. The molecule has 2 aromatic carbocycles. The van der Waals surface area contributed by atoms with Gasteiger partial charge in [-0.25, -0.2) is 18.4 Å². The molecule has 0 aliphatic carbocycles. The first-order valence-electron chi connectivity index (χ1n) is 9.66. The molecule has 1 saturated heterocycles. The van der Waals surface area contributed by atoms with Gasteiger partial charge in [0.15, 0.2) is 9.84 Å². The summed E-state index contributed by atoms with van der Waals surface area (Å²) in [5, 5.41) is 3.23. The molecular weight excluding hydrogens is 402 g/mol. The fourth-order valence-electron chi connectivity index (χ4n) is 3.33. The molecule has 8 heteroatoms. The lowest BCUT2D eigenvalue weighted by Gasteiger charge is -2.15. The Labute approximate surface area is 176 Å². The average Bonchev–Trinajstić information content (AvgIpc) is 3.21. The summed E-state index contributed by atoms with van der Waals surface area (Å²) >= 11 is 0. The van der Waals surface area contributed by atoms with E-state index in [9.17, 15) is 8.42 Å². The van der Waals surface area contributed by atoms with E-state index in [0.717, 1.165) is 29.1 Å². The van der Waals surface area contributed by atoms with E-state index < -0.39 is 9.84 Å². The summed E-state index contributed by atoms with van der Waals surface area (Å²) in [4.78, 5) is 8.71. The van der Waals surface area contributed by atoms with Crippen molar-refractivity contribution in [1.82, 2.24) is 9.97 Å². The zero-order valence-corrected chi connectivity index (χ0v) is 17.4. The van der Waals surface area contributed by atoms with Crippen molar-refractivity contribution in [3.8, 4) is 17.0 Å². The standard InChI is InChI=1S/C22H23N3O4S/c1-30(26,27)14-16-5-4-6-17(11-16)25-22-12-20(23-15-24-22)19-7-2-3-8-21(19)29-18-9-10-28-13-18/h2-8,11-12,15,18H,9-10,13-14H2,1H3,(H,23,24,25). The highest BCUT2D eigenvalue weighted by Crippen LogP contribution is 2.31. The van der Waals surface area contributed by atoms with Crippen LogP contribution >= 0.6 is 0 Å². The summed E-state index contributed by atoms with van der Waals surface area (Å²) in [6.45, 7) is 1.31. The van der Waals surface area contributed by atoms with E-state index >= 15 is 0 Å². The number of para-hydroxylation sites is 1. The summed E-state index contributed by atoms with van der Waals surface area (Å²) in [7, 11) is -3.10. The maximum absolute atomic E-state index is 11.6. The molecule has 1 aliphatic rings. The zero-order valence-electron chi connectivity index (χ0n) is 16.6. The van der Waals surface area contributed by atoms with Crippen LogP contribution in [0, 0.1) is 0 Å². The predicted octanol–water partition coefficient (Wildman–Crippen LogP) is 3.60. The Hall–Kier alpha value is -2.97. The van der Waals surface area contributed by atoms with E-state index in [2.05, 4.69) is 15.3 Å². The molecule has 3 aromatic rings. The van der Waals surface area contributed by atoms with Crippen molar-refractivity contribution in [2.75, 3.05) is 24.8 Å². The molecule has 0 spiro atoms. The monoisotopic (exact) mass is 425 g/mol. The summed E-state index contributed by atoms with van der Waals surface area (Å²) in [6.07, 6.45) is 3.63. The maximum Gasteiger partial charge on any atom is 0.151 e. The van der Waals surface area contributed by atoms with Gasteiger partial charge in [0.25, 0.3) is 0 Å². The highest BCUT2D eigenvalue weighted by molar-refractivity contribution is 7.89. The Kier molecular flexibility index (Phi) is 5.96. The van der Waals surface area contributed by atoms with Crippen LogP contribution in [0.4, 0.5) is 11.5 Å². The van der Waals surface area contributed by atoms with Crippen LogP contribution in [0.15, 0.2) is 60.9 Å². The van der Waals surface area contributed by atoms with Gasteiger partial charge in [0, 0.05) is 30.0 Å². The number of rotatable bonds is 7. The average molecular weight is 426 g/mol. The van der Waals surface area contributed by atoms with Crippen LogP contribution in [0.2, 0.25) is 0 Å². The lowest BCUT2D eigenvalue weighted by Crippen LogP contribution is -2.16. The zero-order chi connectivity index (χ0) is 21.0. The van der Waals surface area contributed by atoms with Gasteiger partial charge in [-0.2, -0.15) is 0 Å². The number of hydrogen-bond donors (Lipinski definition) is 1. The van der Waals surface area contributed by atoms with E-state index in [1.54, 1.807) is 12.1 Å². The van der Waals surface area contributed by atoms with Crippen LogP contribution < -0.4 is 10.1 Å². The molecule has 7 nitrogen and oxygen atoms in total. The van der Waals surface area contributed by atoms with Crippen LogP contribution in [0.3, 0.4) is 0 Å². The Morgan fingerprint density at radius 1 is 1.13 bits per heavy atom. The number of hydrogen-bond acceptors (Lipinski definition) is 7. The van der Waals surface area contributed by atoms with Gasteiger partial charge in [-0.15, -0.1) is 0 Å². The number of benzene rings is 2. The third kappa shape index (κ3) is 5.34. The van der Waals surface area contributed by atoms with Gasteiger partial charge < -0.3 is 14.8 Å². The Bertz CT molecular complexity index is 1130. The molecule has 0 saturated carbocycles. The summed E-state index contributed by atoms with van der Waals surface area (Å²) < 4.78 is 34.7. The minimum atomic E-state index is -3.10. The van der Waals surface area contributed by atoms with E-state index in [1.807, 2.05) is 42.5 Å². The summed E-state index contributed by atoms with van der Waals surface area (Å²) in [6, 6.07) is 16.9. The van der Waals surface area contributed by atoms with Crippen LogP contribution in [-0.2, 0) is 20.3 Å². The van der Waals surface area contributed by atoms with Gasteiger partial charge in [-0.1, -0.05) is 24.3 Å². The Morgan fingerprint density at radius 2 is 2.00 bits per heavy atom. The van der Waals surface area contributed by atoms with Crippen molar-refractivity contribution in [1.29, 1.82) is 0 Å². The van der Waals surface area contributed by atoms with Crippen molar-refractivity contribution in [3.05, 3.63) is 66.5 Å². The van der Waals surface area contributed by atoms with E-state index in [-0.39, 0.29) is 11.9 Å². The SMILES string of the molecule is CS(=O)(=O)Cc1cccc(Nc2cc(-c3ccccc3OC3CCOC3)ncn2)c1. The lowest BCUT2D eigenvalue weighted by molar-refractivity contribution is 0.141. The smallest absolute Gasteiger partial charge is 0.151 e. The molecule has 0 amide bonds. The fourth-order valence-corrected chi connectivity index (χ4v) is 4.11. The van der Waals surface area contributed by atoms with Gasteiger partial charge in [-0.05, 0) is 29.8 Å². The first-order chi connectivity index (χ1) is 14.5. The molecule has 30 heavy (non-hydrogen) atoms. The molecule has 1 N–H and O–H groups in total. The molecule has 1 unspecified atom stereocenters. The Balaban J connectivity index is 1.56. The summed E-state index contributed by atoms with van der Waals surface area (Å²) in [5.74, 6) is 1.36. The highest BCUT2D eigenvalue weighted by atomic mass is 32.2. The molecule has 4 rings (SSSR count). The molecular formula is C22H23N3O4S. The third-order valence-electron chi connectivity index (χ3n) is 4.64. The van der Waals surface area contributed by atoms with E-state index in [4.69, 9.17) is 9.47 Å². The van der Waals surface area contributed by atoms with Crippen molar-refractivity contribution in [2.24, 2.45) is 0 Å². The van der Waals surface area contributed by atoms with Gasteiger partial charge >= 0.3 is 0 Å². The van der Waals surface area contributed by atoms with Crippen LogP contribution in [-0.4, -0.2) is 44.0 Å². The topological polar surface area (TPSA) is 90.4 Å². The first kappa shape index (κ1) is 20.3. The largest absolute Gasteiger partial charge is 0.487 e.